The SMILES string of the molecule is C[NH+](CC(=O)Nc1cccc(F)c1)CC(=O)Nc1ncc(Cl)cc1Cl. The highest BCUT2D eigenvalue weighted by molar-refractivity contribution is 6.36. The minimum Gasteiger partial charge on any atom is -0.322 e. The van der Waals surface area contributed by atoms with Crippen LogP contribution in [-0.4, -0.2) is 36.9 Å². The molecule has 1 aromatic heterocycles. The van der Waals surface area contributed by atoms with E-state index >= 15 is 0 Å². The average Bonchev–Trinajstić information content (AvgIpc) is 2.49. The lowest BCUT2D eigenvalue weighted by molar-refractivity contribution is -0.862. The van der Waals surface area contributed by atoms with Crippen molar-refractivity contribution in [2.45, 2.75) is 0 Å². The molecule has 0 bridgehead atoms. The van der Waals surface area contributed by atoms with Crippen molar-refractivity contribution in [2.24, 2.45) is 0 Å². The van der Waals surface area contributed by atoms with Crippen LogP contribution >= 0.6 is 23.2 Å². The summed E-state index contributed by atoms with van der Waals surface area (Å²) in [7, 11) is 1.68. The molecule has 0 spiro atoms. The van der Waals surface area contributed by atoms with E-state index in [0.29, 0.717) is 15.6 Å². The van der Waals surface area contributed by atoms with Crippen LogP contribution < -0.4 is 15.5 Å². The van der Waals surface area contributed by atoms with Crippen molar-refractivity contribution in [3.05, 3.63) is 52.4 Å². The zero-order valence-electron chi connectivity index (χ0n) is 13.3. The summed E-state index contributed by atoms with van der Waals surface area (Å²) < 4.78 is 13.1. The van der Waals surface area contributed by atoms with Crippen LogP contribution in [0.5, 0.6) is 0 Å². The van der Waals surface area contributed by atoms with Crippen molar-refractivity contribution < 1.29 is 18.9 Å². The van der Waals surface area contributed by atoms with Gasteiger partial charge in [0.25, 0.3) is 11.8 Å². The zero-order chi connectivity index (χ0) is 18.4. The molecule has 1 unspecified atom stereocenters. The summed E-state index contributed by atoms with van der Waals surface area (Å²) in [5, 5.41) is 5.71. The fraction of sp³-hybridized carbons (Fsp3) is 0.188. The fourth-order valence-corrected chi connectivity index (χ4v) is 2.49. The Hall–Kier alpha value is -2.22. The van der Waals surface area contributed by atoms with Gasteiger partial charge < -0.3 is 15.5 Å². The average molecular weight is 386 g/mol. The number of nitrogens with one attached hydrogen (secondary N) is 3. The molecule has 25 heavy (non-hydrogen) atoms. The number of likely N-dealkylation sites (N-methyl/N-ethyl adjacent to an activating group) is 1. The van der Waals surface area contributed by atoms with E-state index in [1.54, 1.807) is 13.1 Å². The van der Waals surface area contributed by atoms with Gasteiger partial charge in [0.15, 0.2) is 18.9 Å². The molecule has 2 amide bonds. The second-order valence-electron chi connectivity index (χ2n) is 5.40. The van der Waals surface area contributed by atoms with Crippen molar-refractivity contribution >= 4 is 46.5 Å². The summed E-state index contributed by atoms with van der Waals surface area (Å²) in [5.74, 6) is -0.926. The highest BCUT2D eigenvalue weighted by Crippen LogP contribution is 2.22. The number of nitrogens with zero attached hydrogens (tertiary/aromatic N) is 1. The van der Waals surface area contributed by atoms with Gasteiger partial charge in [-0.3, -0.25) is 9.59 Å². The lowest BCUT2D eigenvalue weighted by Gasteiger charge is -2.14. The standard InChI is InChI=1S/C16H15Cl2FN4O2/c1-23(8-14(24)21-12-4-2-3-11(19)6-12)9-15(25)22-16-13(18)5-10(17)7-20-16/h2-7H,8-9H2,1H3,(H,21,24)(H,20,22,25)/p+1. The predicted octanol–water partition coefficient (Wildman–Crippen LogP) is 1.62. The van der Waals surface area contributed by atoms with Gasteiger partial charge in [0.05, 0.1) is 17.1 Å². The summed E-state index contributed by atoms with van der Waals surface area (Å²) in [6.45, 7) is 0.0585. The molecular weight excluding hydrogens is 370 g/mol. The fourth-order valence-electron chi connectivity index (χ4n) is 2.06. The summed E-state index contributed by atoms with van der Waals surface area (Å²) >= 11 is 11.7. The second kappa shape index (κ2) is 8.75. The van der Waals surface area contributed by atoms with Gasteiger partial charge in [-0.05, 0) is 24.3 Å². The first-order valence-electron chi connectivity index (χ1n) is 7.31. The first-order chi connectivity index (χ1) is 11.8. The Morgan fingerprint density at radius 3 is 2.48 bits per heavy atom. The van der Waals surface area contributed by atoms with Crippen LogP contribution in [0.1, 0.15) is 0 Å². The number of aromatic nitrogens is 1. The van der Waals surface area contributed by atoms with Gasteiger partial charge in [0.2, 0.25) is 0 Å². The van der Waals surface area contributed by atoms with Crippen LogP contribution in [0.2, 0.25) is 10.0 Å². The monoisotopic (exact) mass is 385 g/mol. The number of hydrogen-bond acceptors (Lipinski definition) is 3. The second-order valence-corrected chi connectivity index (χ2v) is 6.24. The van der Waals surface area contributed by atoms with Crippen LogP contribution in [0.3, 0.4) is 0 Å². The molecule has 1 aromatic carbocycles. The van der Waals surface area contributed by atoms with E-state index in [9.17, 15) is 14.0 Å². The molecule has 0 aliphatic heterocycles. The van der Waals surface area contributed by atoms with Crippen molar-refractivity contribution in [1.82, 2.24) is 4.98 Å². The third-order valence-electron chi connectivity index (χ3n) is 3.10. The summed E-state index contributed by atoms with van der Waals surface area (Å²) in [4.78, 5) is 28.5. The largest absolute Gasteiger partial charge is 0.322 e. The first kappa shape index (κ1) is 19.1. The van der Waals surface area contributed by atoms with E-state index in [4.69, 9.17) is 23.2 Å². The van der Waals surface area contributed by atoms with Crippen LogP contribution in [0.25, 0.3) is 0 Å². The molecule has 132 valence electrons. The Morgan fingerprint density at radius 2 is 1.84 bits per heavy atom. The van der Waals surface area contributed by atoms with E-state index in [2.05, 4.69) is 15.6 Å². The molecule has 0 saturated heterocycles. The molecule has 0 aliphatic carbocycles. The Labute approximate surface area is 153 Å². The lowest BCUT2D eigenvalue weighted by Crippen LogP contribution is -3.11. The maximum absolute atomic E-state index is 13.1. The highest BCUT2D eigenvalue weighted by Gasteiger charge is 2.16. The molecule has 9 heteroatoms. The van der Waals surface area contributed by atoms with Gasteiger partial charge in [-0.1, -0.05) is 29.3 Å². The quantitative estimate of drug-likeness (QED) is 0.707. The number of amides is 2. The molecule has 0 radical (unpaired) electrons. The predicted molar refractivity (Wildman–Crippen MR) is 94.5 cm³/mol. The van der Waals surface area contributed by atoms with Crippen LogP contribution in [-0.2, 0) is 9.59 Å². The minimum atomic E-state index is -0.440. The molecule has 3 N–H and O–H groups in total. The number of hydrogen-bond donors (Lipinski definition) is 3. The number of quaternary nitrogens is 1. The molecule has 0 fully saturated rings. The number of halogens is 3. The van der Waals surface area contributed by atoms with Crippen LogP contribution in [0.15, 0.2) is 36.5 Å². The van der Waals surface area contributed by atoms with Gasteiger partial charge in [-0.15, -0.1) is 0 Å². The Kier molecular flexibility index (Phi) is 6.69. The molecule has 2 aromatic rings. The van der Waals surface area contributed by atoms with Gasteiger partial charge in [-0.2, -0.15) is 0 Å². The summed E-state index contributed by atoms with van der Waals surface area (Å²) in [5.41, 5.74) is 0.361. The van der Waals surface area contributed by atoms with Gasteiger partial charge in [0, 0.05) is 11.9 Å². The van der Waals surface area contributed by atoms with Gasteiger partial charge in [-0.25, -0.2) is 9.37 Å². The normalized spacial score (nSPS) is 11.7. The number of rotatable bonds is 6. The first-order valence-corrected chi connectivity index (χ1v) is 8.06. The van der Waals surface area contributed by atoms with Crippen LogP contribution in [0.4, 0.5) is 15.9 Å². The lowest BCUT2D eigenvalue weighted by atomic mass is 10.3. The van der Waals surface area contributed by atoms with E-state index in [0.717, 1.165) is 0 Å². The van der Waals surface area contributed by atoms with Crippen molar-refractivity contribution in [1.29, 1.82) is 0 Å². The third kappa shape index (κ3) is 6.30. The van der Waals surface area contributed by atoms with Crippen molar-refractivity contribution in [3.8, 4) is 0 Å². The van der Waals surface area contributed by atoms with E-state index in [-0.39, 0.29) is 35.7 Å². The van der Waals surface area contributed by atoms with E-state index < -0.39 is 5.82 Å². The topological polar surface area (TPSA) is 75.5 Å². The summed E-state index contributed by atoms with van der Waals surface area (Å²) in [6, 6.07) is 7.05. The van der Waals surface area contributed by atoms with Gasteiger partial charge in [0.1, 0.15) is 5.82 Å². The van der Waals surface area contributed by atoms with Crippen LogP contribution in [0, 0.1) is 5.82 Å². The molecule has 6 nitrogen and oxygen atoms in total. The number of carbonyl (C=O) groups is 2. The number of benzene rings is 1. The molecule has 1 heterocycles. The minimum absolute atomic E-state index is 0.0250. The molecule has 0 aliphatic rings. The van der Waals surface area contributed by atoms with Gasteiger partial charge >= 0.3 is 0 Å². The van der Waals surface area contributed by atoms with Crippen molar-refractivity contribution in [3.63, 3.8) is 0 Å². The number of pyridine rings is 1. The van der Waals surface area contributed by atoms with E-state index in [1.807, 2.05) is 0 Å². The number of carbonyl (C=O) groups excluding carboxylic acids is 2. The maximum atomic E-state index is 13.1. The van der Waals surface area contributed by atoms with E-state index in [1.165, 1.54) is 30.5 Å². The zero-order valence-corrected chi connectivity index (χ0v) is 14.8. The Bertz CT molecular complexity index is 788. The molecule has 0 saturated carbocycles. The van der Waals surface area contributed by atoms with Crippen molar-refractivity contribution in [2.75, 3.05) is 30.8 Å². The Morgan fingerprint density at radius 1 is 1.16 bits per heavy atom. The molecule has 2 rings (SSSR count). The molecular formula is C16H16Cl2FN4O2+. The Balaban J connectivity index is 1.83. The smallest absolute Gasteiger partial charge is 0.280 e. The highest BCUT2D eigenvalue weighted by atomic mass is 35.5. The molecule has 1 atom stereocenters. The maximum Gasteiger partial charge on any atom is 0.280 e. The number of anilines is 2. The third-order valence-corrected chi connectivity index (χ3v) is 3.59. The summed E-state index contributed by atoms with van der Waals surface area (Å²) in [6.07, 6.45) is 1.37.